The van der Waals surface area contributed by atoms with Crippen molar-refractivity contribution in [2.45, 2.75) is 6.92 Å². The van der Waals surface area contributed by atoms with Crippen LogP contribution in [0.2, 0.25) is 0 Å². The summed E-state index contributed by atoms with van der Waals surface area (Å²) in [6.07, 6.45) is 1.13. The van der Waals surface area contributed by atoms with E-state index in [0.717, 1.165) is 6.20 Å². The van der Waals surface area contributed by atoms with Crippen LogP contribution >= 0.6 is 0 Å². The van der Waals surface area contributed by atoms with E-state index in [1.807, 2.05) is 0 Å². The Bertz CT molecular complexity index is 477. The molecule has 7 nitrogen and oxygen atoms in total. The van der Waals surface area contributed by atoms with Gasteiger partial charge in [-0.1, -0.05) is 0 Å². The van der Waals surface area contributed by atoms with Crippen molar-refractivity contribution in [3.05, 3.63) is 18.0 Å². The molecule has 0 aliphatic carbocycles. The molecule has 1 aromatic rings. The van der Waals surface area contributed by atoms with Crippen molar-refractivity contribution in [2.24, 2.45) is 0 Å². The molecule has 0 atom stereocenters. The molecule has 0 fully saturated rings. The molecule has 0 aromatic carbocycles. The maximum Gasteiger partial charge on any atom is 0.490 e. The number of hydrogen-bond donors (Lipinski definition) is 2. The monoisotopic (exact) mass is 252 g/mol. The SMILES string of the molecule is COC(=O)c1ncc(B(O)O)cc1N(C)C(C)=O. The standard InChI is InChI=1S/C10H13BN2O5/c1-6(14)13(2)8-4-7(11(16)17)5-12-9(8)10(15)18-3/h4-5,16-17H,1-3H3. The summed E-state index contributed by atoms with van der Waals surface area (Å²) in [7, 11) is 0.902. The molecule has 18 heavy (non-hydrogen) atoms. The van der Waals surface area contributed by atoms with Crippen molar-refractivity contribution in [3.63, 3.8) is 0 Å². The summed E-state index contributed by atoms with van der Waals surface area (Å²) in [6.45, 7) is 1.31. The highest BCUT2D eigenvalue weighted by atomic mass is 16.5. The van der Waals surface area contributed by atoms with Gasteiger partial charge >= 0.3 is 13.1 Å². The van der Waals surface area contributed by atoms with Gasteiger partial charge in [0, 0.05) is 25.6 Å². The molecule has 2 N–H and O–H groups in total. The van der Waals surface area contributed by atoms with E-state index >= 15 is 0 Å². The predicted molar refractivity (Wildman–Crippen MR) is 64.5 cm³/mol. The van der Waals surface area contributed by atoms with Gasteiger partial charge in [0.25, 0.3) is 0 Å². The van der Waals surface area contributed by atoms with Gasteiger partial charge in [0.15, 0.2) is 5.69 Å². The number of carbonyl (C=O) groups is 2. The van der Waals surface area contributed by atoms with Gasteiger partial charge in [-0.3, -0.25) is 4.79 Å². The number of anilines is 1. The van der Waals surface area contributed by atoms with Crippen molar-refractivity contribution in [3.8, 4) is 0 Å². The van der Waals surface area contributed by atoms with E-state index in [-0.39, 0.29) is 22.8 Å². The lowest BCUT2D eigenvalue weighted by molar-refractivity contribution is -0.116. The minimum absolute atomic E-state index is 0.0698. The van der Waals surface area contributed by atoms with Crippen LogP contribution < -0.4 is 10.4 Å². The van der Waals surface area contributed by atoms with Gasteiger partial charge < -0.3 is 19.7 Å². The Morgan fingerprint density at radius 3 is 2.50 bits per heavy atom. The average molecular weight is 252 g/mol. The number of ether oxygens (including phenoxy) is 1. The fourth-order valence-electron chi connectivity index (χ4n) is 1.29. The van der Waals surface area contributed by atoms with Crippen LogP contribution in [0, 0.1) is 0 Å². The summed E-state index contributed by atoms with van der Waals surface area (Å²) in [6, 6.07) is 1.30. The van der Waals surface area contributed by atoms with Gasteiger partial charge in [-0.2, -0.15) is 0 Å². The van der Waals surface area contributed by atoms with Crippen LogP contribution in [0.3, 0.4) is 0 Å². The third-order valence-corrected chi connectivity index (χ3v) is 2.40. The second-order valence-corrected chi connectivity index (χ2v) is 3.58. The van der Waals surface area contributed by atoms with Gasteiger partial charge in [-0.25, -0.2) is 9.78 Å². The number of carbonyl (C=O) groups excluding carboxylic acids is 2. The molecule has 0 radical (unpaired) electrons. The molecule has 0 spiro atoms. The first-order chi connectivity index (χ1) is 8.38. The third-order valence-electron chi connectivity index (χ3n) is 2.40. The molecule has 1 rings (SSSR count). The molecular weight excluding hydrogens is 239 g/mol. The van der Waals surface area contributed by atoms with E-state index in [9.17, 15) is 9.59 Å². The second kappa shape index (κ2) is 5.61. The topological polar surface area (TPSA) is 100.0 Å². The predicted octanol–water partition coefficient (Wildman–Crippen LogP) is -1.47. The number of rotatable bonds is 3. The molecule has 96 valence electrons. The molecule has 0 saturated carbocycles. The van der Waals surface area contributed by atoms with Gasteiger partial charge in [0.05, 0.1) is 12.8 Å². The number of aromatic nitrogens is 1. The first-order valence-electron chi connectivity index (χ1n) is 5.07. The zero-order chi connectivity index (χ0) is 13.9. The molecule has 0 aliphatic heterocycles. The Kier molecular flexibility index (Phi) is 4.41. The van der Waals surface area contributed by atoms with Crippen LogP contribution in [0.1, 0.15) is 17.4 Å². The summed E-state index contributed by atoms with van der Waals surface area (Å²) in [5, 5.41) is 18.1. The minimum atomic E-state index is -1.73. The van der Waals surface area contributed by atoms with Gasteiger partial charge in [-0.15, -0.1) is 0 Å². The number of esters is 1. The summed E-state index contributed by atoms with van der Waals surface area (Å²) < 4.78 is 4.54. The number of amides is 1. The maximum atomic E-state index is 11.5. The highest BCUT2D eigenvalue weighted by Crippen LogP contribution is 2.17. The highest BCUT2D eigenvalue weighted by Gasteiger charge is 2.22. The quantitative estimate of drug-likeness (QED) is 0.503. The van der Waals surface area contributed by atoms with Crippen molar-refractivity contribution < 1.29 is 24.4 Å². The molecule has 8 heteroatoms. The summed E-state index contributed by atoms with van der Waals surface area (Å²) >= 11 is 0. The van der Waals surface area contributed by atoms with Crippen molar-refractivity contribution in [2.75, 3.05) is 19.1 Å². The van der Waals surface area contributed by atoms with Crippen molar-refractivity contribution >= 4 is 30.1 Å². The van der Waals surface area contributed by atoms with Crippen LogP contribution in [0.5, 0.6) is 0 Å². The van der Waals surface area contributed by atoms with E-state index in [1.54, 1.807) is 0 Å². The number of nitrogens with zero attached hydrogens (tertiary/aromatic N) is 2. The largest absolute Gasteiger partial charge is 0.490 e. The zero-order valence-corrected chi connectivity index (χ0v) is 10.2. The average Bonchev–Trinajstić information content (AvgIpc) is 2.35. The van der Waals surface area contributed by atoms with Crippen LogP contribution in [-0.2, 0) is 9.53 Å². The lowest BCUT2D eigenvalue weighted by Gasteiger charge is -2.18. The lowest BCUT2D eigenvalue weighted by Crippen LogP contribution is -2.34. The highest BCUT2D eigenvalue weighted by molar-refractivity contribution is 6.58. The normalized spacial score (nSPS) is 9.83. The molecule has 0 saturated heterocycles. The van der Waals surface area contributed by atoms with Gasteiger partial charge in [0.2, 0.25) is 5.91 Å². The molecule has 1 heterocycles. The van der Waals surface area contributed by atoms with E-state index in [0.29, 0.717) is 0 Å². The first-order valence-corrected chi connectivity index (χ1v) is 5.07. The van der Waals surface area contributed by atoms with E-state index in [2.05, 4.69) is 9.72 Å². The molecule has 1 amide bonds. The molecule has 0 bridgehead atoms. The summed E-state index contributed by atoms with van der Waals surface area (Å²) in [4.78, 5) is 27.8. The Hall–Kier alpha value is -1.93. The fourth-order valence-corrected chi connectivity index (χ4v) is 1.29. The number of methoxy groups -OCH3 is 1. The Balaban J connectivity index is 3.35. The third kappa shape index (κ3) is 2.85. The molecule has 1 aromatic heterocycles. The van der Waals surface area contributed by atoms with Gasteiger partial charge in [0.1, 0.15) is 0 Å². The van der Waals surface area contributed by atoms with Gasteiger partial charge in [-0.05, 0) is 6.07 Å². The van der Waals surface area contributed by atoms with E-state index in [1.165, 1.54) is 32.0 Å². The van der Waals surface area contributed by atoms with Crippen LogP contribution in [0.25, 0.3) is 0 Å². The van der Waals surface area contributed by atoms with Crippen LogP contribution in [0.4, 0.5) is 5.69 Å². The molecule has 0 aliphatic rings. The van der Waals surface area contributed by atoms with Crippen LogP contribution in [0.15, 0.2) is 12.3 Å². The Morgan fingerprint density at radius 2 is 2.06 bits per heavy atom. The molecular formula is C10H13BN2O5. The smallest absolute Gasteiger partial charge is 0.464 e. The zero-order valence-electron chi connectivity index (χ0n) is 10.2. The Morgan fingerprint density at radius 1 is 1.44 bits per heavy atom. The van der Waals surface area contributed by atoms with E-state index in [4.69, 9.17) is 10.0 Å². The van der Waals surface area contributed by atoms with Crippen molar-refractivity contribution in [1.29, 1.82) is 0 Å². The maximum absolute atomic E-state index is 11.5. The number of pyridine rings is 1. The lowest BCUT2D eigenvalue weighted by atomic mass is 9.81. The van der Waals surface area contributed by atoms with Crippen molar-refractivity contribution in [1.82, 2.24) is 4.98 Å². The summed E-state index contributed by atoms with van der Waals surface area (Å²) in [5.74, 6) is -1.04. The first kappa shape index (κ1) is 14.1. The van der Waals surface area contributed by atoms with E-state index < -0.39 is 13.1 Å². The number of hydrogen-bond acceptors (Lipinski definition) is 6. The summed E-state index contributed by atoms with van der Waals surface area (Å²) in [5.41, 5.74) is 0.158. The second-order valence-electron chi connectivity index (χ2n) is 3.58. The molecule has 0 unspecified atom stereocenters. The fraction of sp³-hybridized carbons (Fsp3) is 0.300. The minimum Gasteiger partial charge on any atom is -0.464 e. The Labute approximate surface area is 104 Å². The van der Waals surface area contributed by atoms with Crippen LogP contribution in [-0.4, -0.2) is 48.2 Å².